The molecule has 0 saturated carbocycles. The van der Waals surface area contributed by atoms with Crippen LogP contribution in [0, 0.1) is 11.2 Å². The van der Waals surface area contributed by atoms with Gasteiger partial charge in [-0.15, -0.1) is 0 Å². The predicted molar refractivity (Wildman–Crippen MR) is 87.1 cm³/mol. The molecule has 1 aliphatic rings. The lowest BCUT2D eigenvalue weighted by molar-refractivity contribution is 0.0774. The maximum atomic E-state index is 13.6. The molecular weight excluding hydrogens is 287 g/mol. The van der Waals surface area contributed by atoms with Gasteiger partial charge in [-0.2, -0.15) is 0 Å². The highest BCUT2D eigenvalue weighted by Crippen LogP contribution is 2.26. The van der Waals surface area contributed by atoms with E-state index in [0.717, 1.165) is 31.6 Å². The highest BCUT2D eigenvalue weighted by Gasteiger charge is 2.33. The van der Waals surface area contributed by atoms with E-state index in [4.69, 9.17) is 11.6 Å². The van der Waals surface area contributed by atoms with Crippen LogP contribution in [0.5, 0.6) is 0 Å². The second-order valence-electron chi connectivity index (χ2n) is 7.07. The molecule has 0 aliphatic carbocycles. The van der Waals surface area contributed by atoms with Gasteiger partial charge in [0.05, 0.1) is 5.02 Å². The van der Waals surface area contributed by atoms with Crippen molar-refractivity contribution in [3.63, 3.8) is 0 Å². The van der Waals surface area contributed by atoms with Gasteiger partial charge < -0.3 is 5.32 Å². The zero-order valence-corrected chi connectivity index (χ0v) is 14.2. The molecule has 2 nitrogen and oxygen atoms in total. The Morgan fingerprint density at radius 3 is 2.67 bits per heavy atom. The summed E-state index contributed by atoms with van der Waals surface area (Å²) in [5, 5.41) is 3.85. The van der Waals surface area contributed by atoms with Crippen molar-refractivity contribution in [3.8, 4) is 0 Å². The number of nitrogens with one attached hydrogen (secondary N) is 1. The number of rotatable bonds is 3. The van der Waals surface area contributed by atoms with Crippen molar-refractivity contribution in [2.75, 3.05) is 13.1 Å². The molecule has 0 spiro atoms. The molecule has 2 rings (SSSR count). The van der Waals surface area contributed by atoms with Crippen molar-refractivity contribution in [2.45, 2.75) is 52.7 Å². The van der Waals surface area contributed by atoms with Gasteiger partial charge in [-0.1, -0.05) is 45.4 Å². The summed E-state index contributed by atoms with van der Waals surface area (Å²) in [5.74, 6) is -0.329. The number of piperazine rings is 1. The Bertz CT molecular complexity index is 484. The van der Waals surface area contributed by atoms with Crippen LogP contribution in [-0.2, 0) is 6.54 Å². The minimum absolute atomic E-state index is 0.193. The SMILES string of the molecule is CCC1CNC(C(C)(C)C)CN1Cc1ccc(Cl)c(F)c1. The second-order valence-corrected chi connectivity index (χ2v) is 7.47. The largest absolute Gasteiger partial charge is 0.311 e. The zero-order chi connectivity index (χ0) is 15.6. The van der Waals surface area contributed by atoms with Crippen molar-refractivity contribution in [3.05, 3.63) is 34.6 Å². The Hall–Kier alpha value is -0.640. The lowest BCUT2D eigenvalue weighted by Gasteiger charge is -2.45. The van der Waals surface area contributed by atoms with Gasteiger partial charge in [-0.25, -0.2) is 4.39 Å². The van der Waals surface area contributed by atoms with Gasteiger partial charge in [0.1, 0.15) is 5.82 Å². The normalized spacial score (nSPS) is 24.3. The molecule has 1 N–H and O–H groups in total. The first kappa shape index (κ1) is 16.7. The predicted octanol–water partition coefficient (Wildman–Crippen LogP) is 4.08. The molecule has 0 amide bonds. The minimum atomic E-state index is -0.329. The Morgan fingerprint density at radius 2 is 2.10 bits per heavy atom. The van der Waals surface area contributed by atoms with Gasteiger partial charge in [-0.05, 0) is 29.5 Å². The summed E-state index contributed by atoms with van der Waals surface area (Å²) in [5.41, 5.74) is 1.22. The summed E-state index contributed by atoms with van der Waals surface area (Å²) in [4.78, 5) is 2.47. The van der Waals surface area contributed by atoms with Crippen molar-refractivity contribution < 1.29 is 4.39 Å². The Labute approximate surface area is 132 Å². The van der Waals surface area contributed by atoms with Gasteiger partial charge in [-0.3, -0.25) is 4.90 Å². The van der Waals surface area contributed by atoms with Crippen molar-refractivity contribution >= 4 is 11.6 Å². The molecule has 1 aromatic carbocycles. The maximum absolute atomic E-state index is 13.6. The van der Waals surface area contributed by atoms with Crippen LogP contribution >= 0.6 is 11.6 Å². The summed E-state index contributed by atoms with van der Waals surface area (Å²) in [6.07, 6.45) is 1.10. The number of nitrogens with zero attached hydrogens (tertiary/aromatic N) is 1. The first-order valence-electron chi connectivity index (χ1n) is 7.72. The van der Waals surface area contributed by atoms with Crippen LogP contribution in [0.3, 0.4) is 0 Å². The molecule has 21 heavy (non-hydrogen) atoms. The molecule has 1 aliphatic heterocycles. The van der Waals surface area contributed by atoms with Gasteiger partial charge in [0, 0.05) is 31.7 Å². The van der Waals surface area contributed by atoms with E-state index >= 15 is 0 Å². The van der Waals surface area contributed by atoms with E-state index in [1.54, 1.807) is 12.1 Å². The molecule has 1 aromatic rings. The topological polar surface area (TPSA) is 15.3 Å². The summed E-state index contributed by atoms with van der Waals surface area (Å²) < 4.78 is 13.6. The molecule has 0 bridgehead atoms. The average Bonchev–Trinajstić information content (AvgIpc) is 2.42. The molecule has 2 unspecified atom stereocenters. The van der Waals surface area contributed by atoms with E-state index in [-0.39, 0.29) is 16.3 Å². The molecule has 4 heteroatoms. The maximum Gasteiger partial charge on any atom is 0.142 e. The van der Waals surface area contributed by atoms with E-state index < -0.39 is 0 Å². The van der Waals surface area contributed by atoms with Crippen LogP contribution in [0.2, 0.25) is 5.02 Å². The Morgan fingerprint density at radius 1 is 1.38 bits per heavy atom. The summed E-state index contributed by atoms with van der Waals surface area (Å²) in [7, 11) is 0. The summed E-state index contributed by atoms with van der Waals surface area (Å²) in [6, 6.07) is 6.09. The number of halogens is 2. The van der Waals surface area contributed by atoms with Crippen molar-refractivity contribution in [2.24, 2.45) is 5.41 Å². The van der Waals surface area contributed by atoms with Crippen LogP contribution < -0.4 is 5.32 Å². The Balaban J connectivity index is 2.12. The van der Waals surface area contributed by atoms with Gasteiger partial charge >= 0.3 is 0 Å². The molecule has 1 heterocycles. The van der Waals surface area contributed by atoms with Gasteiger partial charge in [0.25, 0.3) is 0 Å². The number of hydrogen-bond donors (Lipinski definition) is 1. The van der Waals surface area contributed by atoms with E-state index in [0.29, 0.717) is 12.1 Å². The van der Waals surface area contributed by atoms with E-state index in [1.807, 2.05) is 6.07 Å². The number of benzene rings is 1. The molecule has 118 valence electrons. The molecule has 2 atom stereocenters. The van der Waals surface area contributed by atoms with Crippen LogP contribution in [0.4, 0.5) is 4.39 Å². The van der Waals surface area contributed by atoms with E-state index in [2.05, 4.69) is 37.9 Å². The molecule has 0 aromatic heterocycles. The van der Waals surface area contributed by atoms with Crippen LogP contribution in [0.1, 0.15) is 39.7 Å². The zero-order valence-electron chi connectivity index (χ0n) is 13.4. The fourth-order valence-corrected chi connectivity index (χ4v) is 3.02. The first-order valence-corrected chi connectivity index (χ1v) is 8.10. The Kier molecular flexibility index (Phi) is 5.29. The second kappa shape index (κ2) is 6.64. The third kappa shape index (κ3) is 4.18. The van der Waals surface area contributed by atoms with Crippen molar-refractivity contribution in [1.82, 2.24) is 10.2 Å². The molecule has 1 saturated heterocycles. The van der Waals surface area contributed by atoms with Crippen LogP contribution in [0.25, 0.3) is 0 Å². The monoisotopic (exact) mass is 312 g/mol. The molecule has 1 fully saturated rings. The standard InChI is InChI=1S/C17H26ClFN2/c1-5-13-9-20-16(17(2,3)4)11-21(13)10-12-6-7-14(18)15(19)8-12/h6-8,13,16,20H,5,9-11H2,1-4H3. The highest BCUT2D eigenvalue weighted by molar-refractivity contribution is 6.30. The van der Waals surface area contributed by atoms with Crippen LogP contribution in [0.15, 0.2) is 18.2 Å². The smallest absolute Gasteiger partial charge is 0.142 e. The quantitative estimate of drug-likeness (QED) is 0.905. The third-order valence-corrected chi connectivity index (χ3v) is 4.73. The van der Waals surface area contributed by atoms with Crippen LogP contribution in [-0.4, -0.2) is 30.1 Å². The molecular formula is C17H26ClFN2. The van der Waals surface area contributed by atoms with Gasteiger partial charge in [0.15, 0.2) is 0 Å². The summed E-state index contributed by atoms with van der Waals surface area (Å²) >= 11 is 5.76. The molecule has 0 radical (unpaired) electrons. The lowest BCUT2D eigenvalue weighted by Crippen LogP contribution is -2.59. The van der Waals surface area contributed by atoms with Crippen molar-refractivity contribution in [1.29, 1.82) is 0 Å². The van der Waals surface area contributed by atoms with Gasteiger partial charge in [0.2, 0.25) is 0 Å². The summed E-state index contributed by atoms with van der Waals surface area (Å²) in [6.45, 7) is 11.8. The fraction of sp³-hybridized carbons (Fsp3) is 0.647. The lowest BCUT2D eigenvalue weighted by atomic mass is 9.84. The number of hydrogen-bond acceptors (Lipinski definition) is 2. The van der Waals surface area contributed by atoms with E-state index in [1.165, 1.54) is 0 Å². The average molecular weight is 313 g/mol. The van der Waals surface area contributed by atoms with E-state index in [9.17, 15) is 4.39 Å². The first-order chi connectivity index (χ1) is 9.81. The minimum Gasteiger partial charge on any atom is -0.311 e. The highest BCUT2D eigenvalue weighted by atomic mass is 35.5. The third-order valence-electron chi connectivity index (χ3n) is 4.42. The fourth-order valence-electron chi connectivity index (χ4n) is 2.90.